The van der Waals surface area contributed by atoms with Gasteiger partial charge in [-0.05, 0) is 128 Å². The van der Waals surface area contributed by atoms with Gasteiger partial charge >= 0.3 is 11.9 Å². The summed E-state index contributed by atoms with van der Waals surface area (Å²) >= 11 is 0. The Kier molecular flexibility index (Phi) is 46.5. The molecule has 412 valence electrons. The minimum absolute atomic E-state index is 0.00219. The van der Waals surface area contributed by atoms with Crippen molar-refractivity contribution >= 4 is 17.8 Å². The molecule has 0 radical (unpaired) electrons. The fraction of sp³-hybridized carbons (Fsp3) is 0.918. The van der Waals surface area contributed by atoms with E-state index in [4.69, 9.17) is 9.47 Å². The lowest BCUT2D eigenvalue weighted by Crippen LogP contribution is -2.33. The molecule has 2 atom stereocenters. The number of aliphatic hydroxyl groups excluding tert-OH is 2. The fourth-order valence-corrected chi connectivity index (χ4v) is 10.1. The third kappa shape index (κ3) is 40.5. The number of hydrogen-bond donors (Lipinski definition) is 3. The second-order valence-electron chi connectivity index (χ2n) is 21.6. The maximum Gasteiger partial charge on any atom is 0.306 e. The van der Waals surface area contributed by atoms with Gasteiger partial charge in [0.15, 0.2) is 0 Å². The van der Waals surface area contributed by atoms with Crippen molar-refractivity contribution in [3.63, 3.8) is 0 Å². The van der Waals surface area contributed by atoms with Gasteiger partial charge in [0.1, 0.15) is 12.2 Å². The van der Waals surface area contributed by atoms with Crippen molar-refractivity contribution in [2.24, 2.45) is 0 Å². The first-order valence-electron chi connectivity index (χ1n) is 30.7. The Balaban J connectivity index is 2.52. The highest BCUT2D eigenvalue weighted by Crippen LogP contribution is 2.22. The van der Waals surface area contributed by atoms with Crippen LogP contribution in [0.15, 0.2) is 11.6 Å². The number of hydrogen-bond acceptors (Lipinski definition) is 8. The summed E-state index contributed by atoms with van der Waals surface area (Å²) in [7, 11) is 0. The highest BCUT2D eigenvalue weighted by atomic mass is 16.5. The molecule has 2 unspecified atom stereocenters. The zero-order valence-corrected chi connectivity index (χ0v) is 46.7. The van der Waals surface area contributed by atoms with Crippen molar-refractivity contribution in [3.05, 3.63) is 11.6 Å². The standard InChI is InChI=1S/C61H116N2O7/c1-5-9-13-17-23-31-41-55(42-32-24-18-14-10-6-2)69-59(66)45-35-27-21-29-38-50-63(52-40-37-49-62-61(68)54-47-48-57(64)58(65)53-54)51-39-30-22-28-36-46-60(67)70-56(43-33-25-19-15-11-7-3)44-34-26-20-16-12-8-4/h53,55-58,64-65H,5-52H2,1-4H3,(H,62,68). The number of nitrogens with one attached hydrogen (secondary N) is 1. The lowest BCUT2D eigenvalue weighted by atomic mass is 9.94. The monoisotopic (exact) mass is 989 g/mol. The fourth-order valence-electron chi connectivity index (χ4n) is 10.1. The highest BCUT2D eigenvalue weighted by Gasteiger charge is 2.24. The van der Waals surface area contributed by atoms with Gasteiger partial charge in [0.2, 0.25) is 5.91 Å². The molecule has 0 aromatic heterocycles. The van der Waals surface area contributed by atoms with Crippen LogP contribution in [0.4, 0.5) is 0 Å². The summed E-state index contributed by atoms with van der Waals surface area (Å²) in [6.45, 7) is 12.8. The number of rotatable bonds is 52. The largest absolute Gasteiger partial charge is 0.462 e. The Morgan fingerprint density at radius 1 is 0.486 bits per heavy atom. The zero-order valence-electron chi connectivity index (χ0n) is 46.7. The molecule has 9 nitrogen and oxygen atoms in total. The Morgan fingerprint density at radius 2 is 0.814 bits per heavy atom. The van der Waals surface area contributed by atoms with Crippen LogP contribution in [-0.2, 0) is 23.9 Å². The summed E-state index contributed by atoms with van der Waals surface area (Å²) in [5, 5.41) is 22.8. The Bertz CT molecular complexity index is 1130. The van der Waals surface area contributed by atoms with Gasteiger partial charge in [0, 0.05) is 25.0 Å². The van der Waals surface area contributed by atoms with Gasteiger partial charge in [0.05, 0.1) is 12.2 Å². The van der Waals surface area contributed by atoms with Crippen molar-refractivity contribution in [3.8, 4) is 0 Å². The molecule has 0 saturated carbocycles. The summed E-state index contributed by atoms with van der Waals surface area (Å²) < 4.78 is 12.2. The van der Waals surface area contributed by atoms with E-state index in [0.717, 1.165) is 122 Å². The molecule has 0 spiro atoms. The quantitative estimate of drug-likeness (QED) is 0.0406. The van der Waals surface area contributed by atoms with E-state index in [1.165, 1.54) is 160 Å². The van der Waals surface area contributed by atoms with Crippen LogP contribution in [0, 0.1) is 0 Å². The number of carbonyl (C=O) groups excluding carboxylic acids is 3. The minimum Gasteiger partial charge on any atom is -0.462 e. The van der Waals surface area contributed by atoms with Gasteiger partial charge in [-0.25, -0.2) is 0 Å². The number of aliphatic hydroxyl groups is 2. The molecule has 3 N–H and O–H groups in total. The molecule has 1 aliphatic rings. The highest BCUT2D eigenvalue weighted by molar-refractivity contribution is 5.93. The van der Waals surface area contributed by atoms with Crippen molar-refractivity contribution in [2.75, 3.05) is 26.2 Å². The molecule has 70 heavy (non-hydrogen) atoms. The Morgan fingerprint density at radius 3 is 1.19 bits per heavy atom. The molecule has 0 heterocycles. The number of unbranched alkanes of at least 4 members (excludes halogenated alkanes) is 29. The van der Waals surface area contributed by atoms with Crippen LogP contribution in [0.25, 0.3) is 0 Å². The normalized spacial score (nSPS) is 15.0. The molecule has 0 aliphatic heterocycles. The van der Waals surface area contributed by atoms with Gasteiger partial charge in [-0.15, -0.1) is 0 Å². The topological polar surface area (TPSA) is 125 Å². The van der Waals surface area contributed by atoms with Crippen LogP contribution in [0.5, 0.6) is 0 Å². The predicted molar refractivity (Wildman–Crippen MR) is 295 cm³/mol. The molecule has 0 aromatic rings. The van der Waals surface area contributed by atoms with Crippen LogP contribution in [0.1, 0.15) is 310 Å². The summed E-state index contributed by atoms with van der Waals surface area (Å²) in [5.41, 5.74) is 0.570. The van der Waals surface area contributed by atoms with Crippen LogP contribution in [-0.4, -0.2) is 83.6 Å². The van der Waals surface area contributed by atoms with E-state index >= 15 is 0 Å². The number of nitrogens with zero attached hydrogens (tertiary/aromatic N) is 1. The molecule has 0 fully saturated rings. The molecule has 0 bridgehead atoms. The number of carbonyl (C=O) groups is 3. The van der Waals surface area contributed by atoms with Crippen molar-refractivity contribution in [1.29, 1.82) is 0 Å². The average Bonchev–Trinajstić information content (AvgIpc) is 3.35. The molecule has 9 heteroatoms. The minimum atomic E-state index is -0.968. The molecule has 1 rings (SSSR count). The summed E-state index contributed by atoms with van der Waals surface area (Å²) in [5.74, 6) is -0.128. The number of amides is 1. The average molecular weight is 990 g/mol. The SMILES string of the molecule is CCCCCCCCC(CCCCCCCC)OC(=O)CCCCCCCN(CCCCCCCC(=O)OC(CCCCCCCC)CCCCCCCC)CCCCNC(=O)C1=CC(O)C(O)CC1. The van der Waals surface area contributed by atoms with E-state index in [0.29, 0.717) is 37.8 Å². The predicted octanol–water partition coefficient (Wildman–Crippen LogP) is 16.1. The summed E-state index contributed by atoms with van der Waals surface area (Å²) in [4.78, 5) is 41.2. The molecule has 1 aliphatic carbocycles. The molecule has 0 aromatic carbocycles. The van der Waals surface area contributed by atoms with Crippen molar-refractivity contribution in [2.45, 2.75) is 335 Å². The second kappa shape index (κ2) is 49.3. The van der Waals surface area contributed by atoms with Crippen molar-refractivity contribution in [1.82, 2.24) is 10.2 Å². The number of esters is 2. The van der Waals surface area contributed by atoms with Gasteiger partial charge in [-0.2, -0.15) is 0 Å². The first-order chi connectivity index (χ1) is 34.2. The van der Waals surface area contributed by atoms with Gasteiger partial charge in [-0.1, -0.05) is 195 Å². The third-order valence-corrected chi connectivity index (χ3v) is 14.8. The molecular weight excluding hydrogens is 873 g/mol. The van der Waals surface area contributed by atoms with E-state index in [1.807, 2.05) is 0 Å². The van der Waals surface area contributed by atoms with E-state index in [1.54, 1.807) is 0 Å². The first kappa shape index (κ1) is 66.0. The van der Waals surface area contributed by atoms with Crippen LogP contribution in [0.2, 0.25) is 0 Å². The lowest BCUT2D eigenvalue weighted by molar-refractivity contribution is -0.151. The van der Waals surface area contributed by atoms with E-state index < -0.39 is 12.2 Å². The smallest absolute Gasteiger partial charge is 0.306 e. The maximum absolute atomic E-state index is 13.0. The van der Waals surface area contributed by atoms with Gasteiger partial charge < -0.3 is 29.9 Å². The first-order valence-corrected chi connectivity index (χ1v) is 30.7. The van der Waals surface area contributed by atoms with E-state index in [-0.39, 0.29) is 30.1 Å². The van der Waals surface area contributed by atoms with Gasteiger partial charge in [-0.3, -0.25) is 14.4 Å². The zero-order chi connectivity index (χ0) is 51.0. The van der Waals surface area contributed by atoms with E-state index in [9.17, 15) is 24.6 Å². The van der Waals surface area contributed by atoms with E-state index in [2.05, 4.69) is 37.9 Å². The third-order valence-electron chi connectivity index (χ3n) is 14.8. The lowest BCUT2D eigenvalue weighted by Gasteiger charge is -2.23. The van der Waals surface area contributed by atoms with Crippen LogP contribution < -0.4 is 5.32 Å². The number of ether oxygens (including phenoxy) is 2. The second-order valence-corrected chi connectivity index (χ2v) is 21.6. The van der Waals surface area contributed by atoms with Crippen LogP contribution >= 0.6 is 0 Å². The summed E-state index contributed by atoms with van der Waals surface area (Å²) in [6.07, 6.45) is 49.1. The molecular formula is C61H116N2O7. The van der Waals surface area contributed by atoms with Gasteiger partial charge in [0.25, 0.3) is 0 Å². The van der Waals surface area contributed by atoms with Crippen molar-refractivity contribution < 1.29 is 34.1 Å². The Labute approximate surface area is 433 Å². The Hall–Kier alpha value is -1.97. The molecule has 1 amide bonds. The maximum atomic E-state index is 13.0. The van der Waals surface area contributed by atoms with Crippen LogP contribution in [0.3, 0.4) is 0 Å². The molecule has 0 saturated heterocycles. The summed E-state index contributed by atoms with van der Waals surface area (Å²) in [6, 6.07) is 0.